The van der Waals surface area contributed by atoms with Gasteiger partial charge < -0.3 is 5.32 Å². The van der Waals surface area contributed by atoms with Gasteiger partial charge in [0.2, 0.25) is 0 Å². The molecule has 0 aliphatic carbocycles. The van der Waals surface area contributed by atoms with Crippen molar-refractivity contribution in [2.24, 2.45) is 0 Å². The summed E-state index contributed by atoms with van der Waals surface area (Å²) in [6.45, 7) is 0.296. The average molecular weight is 231 g/mol. The Morgan fingerprint density at radius 2 is 2.00 bits per heavy atom. The van der Waals surface area contributed by atoms with Gasteiger partial charge in [-0.1, -0.05) is 0 Å². The second-order valence-electron chi connectivity index (χ2n) is 3.39. The highest BCUT2D eigenvalue weighted by Crippen LogP contribution is 2.02. The Morgan fingerprint density at radius 1 is 1.24 bits per heavy atom. The van der Waals surface area contributed by atoms with E-state index in [4.69, 9.17) is 0 Å². The predicted molar refractivity (Wildman–Crippen MR) is 59.6 cm³/mol. The third-order valence-corrected chi connectivity index (χ3v) is 2.15. The number of carbonyl (C=O) groups is 1. The van der Waals surface area contributed by atoms with E-state index in [0.717, 1.165) is 0 Å². The highest BCUT2D eigenvalue weighted by Gasteiger charge is 2.05. The van der Waals surface area contributed by atoms with Crippen LogP contribution in [0.5, 0.6) is 0 Å². The summed E-state index contributed by atoms with van der Waals surface area (Å²) < 4.78 is 12.7. The second kappa shape index (κ2) is 5.16. The molecule has 1 heterocycles. The molecule has 1 aromatic heterocycles. The van der Waals surface area contributed by atoms with Crippen molar-refractivity contribution >= 4 is 5.91 Å². The number of nitrogens with zero attached hydrogens (tertiary/aromatic N) is 2. The number of rotatable bonds is 3. The van der Waals surface area contributed by atoms with Gasteiger partial charge in [0, 0.05) is 18.0 Å². The smallest absolute Gasteiger partial charge is 0.251 e. The summed E-state index contributed by atoms with van der Waals surface area (Å²) in [5.74, 6) is -0.633. The lowest BCUT2D eigenvalue weighted by atomic mass is 10.2. The SMILES string of the molecule is O=C(NCc1cnccn1)c1ccc(F)cc1. The number of benzene rings is 1. The molecule has 0 radical (unpaired) electrons. The number of hydrogen-bond acceptors (Lipinski definition) is 3. The van der Waals surface area contributed by atoms with Gasteiger partial charge in [-0.2, -0.15) is 0 Å². The lowest BCUT2D eigenvalue weighted by Gasteiger charge is -2.04. The van der Waals surface area contributed by atoms with Crippen molar-refractivity contribution in [3.63, 3.8) is 0 Å². The van der Waals surface area contributed by atoms with Crippen molar-refractivity contribution in [1.29, 1.82) is 0 Å². The molecule has 0 aliphatic heterocycles. The molecule has 0 fully saturated rings. The molecule has 2 aromatic rings. The van der Waals surface area contributed by atoms with Crippen LogP contribution in [0, 0.1) is 5.82 Å². The van der Waals surface area contributed by atoms with Gasteiger partial charge in [-0.15, -0.1) is 0 Å². The molecule has 0 spiro atoms. The van der Waals surface area contributed by atoms with Gasteiger partial charge in [0.05, 0.1) is 18.4 Å². The monoisotopic (exact) mass is 231 g/mol. The highest BCUT2D eigenvalue weighted by atomic mass is 19.1. The number of aromatic nitrogens is 2. The Bertz CT molecular complexity index is 499. The number of amides is 1. The van der Waals surface area contributed by atoms with Gasteiger partial charge in [0.15, 0.2) is 0 Å². The van der Waals surface area contributed by atoms with E-state index in [1.165, 1.54) is 24.3 Å². The van der Waals surface area contributed by atoms with Crippen LogP contribution in [0.4, 0.5) is 4.39 Å². The lowest BCUT2D eigenvalue weighted by molar-refractivity contribution is 0.0950. The maximum absolute atomic E-state index is 12.7. The van der Waals surface area contributed by atoms with E-state index < -0.39 is 0 Å². The van der Waals surface area contributed by atoms with E-state index in [1.54, 1.807) is 18.6 Å². The van der Waals surface area contributed by atoms with E-state index in [1.807, 2.05) is 0 Å². The predicted octanol–water partition coefficient (Wildman–Crippen LogP) is 1.55. The standard InChI is InChI=1S/C12H10FN3O/c13-10-3-1-9(2-4-10)12(17)16-8-11-7-14-5-6-15-11/h1-7H,8H2,(H,16,17). The third kappa shape index (κ3) is 3.07. The largest absolute Gasteiger partial charge is 0.346 e. The van der Waals surface area contributed by atoms with Crippen molar-refractivity contribution in [1.82, 2.24) is 15.3 Å². The lowest BCUT2D eigenvalue weighted by Crippen LogP contribution is -2.23. The maximum atomic E-state index is 12.7. The van der Waals surface area contributed by atoms with Crippen molar-refractivity contribution in [3.8, 4) is 0 Å². The van der Waals surface area contributed by atoms with Crippen molar-refractivity contribution in [3.05, 3.63) is 59.9 Å². The van der Waals surface area contributed by atoms with Crippen LogP contribution in [-0.4, -0.2) is 15.9 Å². The van der Waals surface area contributed by atoms with Crippen molar-refractivity contribution in [2.45, 2.75) is 6.54 Å². The highest BCUT2D eigenvalue weighted by molar-refractivity contribution is 5.94. The van der Waals surface area contributed by atoms with Gasteiger partial charge in [0.25, 0.3) is 5.91 Å². The van der Waals surface area contributed by atoms with Gasteiger partial charge in [-0.25, -0.2) is 4.39 Å². The summed E-state index contributed by atoms with van der Waals surface area (Å²) >= 11 is 0. The Kier molecular flexibility index (Phi) is 3.40. The van der Waals surface area contributed by atoms with Crippen LogP contribution in [0.15, 0.2) is 42.9 Å². The summed E-state index contributed by atoms with van der Waals surface area (Å²) in [6, 6.07) is 5.36. The molecule has 4 nitrogen and oxygen atoms in total. The Hall–Kier alpha value is -2.30. The molecule has 1 N–H and O–H groups in total. The van der Waals surface area contributed by atoms with E-state index >= 15 is 0 Å². The molecular weight excluding hydrogens is 221 g/mol. The molecule has 17 heavy (non-hydrogen) atoms. The Morgan fingerprint density at radius 3 is 2.65 bits per heavy atom. The molecule has 0 aliphatic rings. The third-order valence-electron chi connectivity index (χ3n) is 2.15. The summed E-state index contributed by atoms with van der Waals surface area (Å²) in [6.07, 6.45) is 4.69. The summed E-state index contributed by atoms with van der Waals surface area (Å²) in [4.78, 5) is 19.6. The van der Waals surface area contributed by atoms with Crippen LogP contribution >= 0.6 is 0 Å². The maximum Gasteiger partial charge on any atom is 0.251 e. The number of carbonyl (C=O) groups excluding carboxylic acids is 1. The van der Waals surface area contributed by atoms with Gasteiger partial charge in [0.1, 0.15) is 5.82 Å². The number of halogens is 1. The molecule has 1 amide bonds. The number of nitrogens with one attached hydrogen (secondary N) is 1. The molecule has 0 saturated carbocycles. The van der Waals surface area contributed by atoms with Crippen LogP contribution in [0.3, 0.4) is 0 Å². The van der Waals surface area contributed by atoms with Crippen molar-refractivity contribution < 1.29 is 9.18 Å². The fraction of sp³-hybridized carbons (Fsp3) is 0.0833. The minimum Gasteiger partial charge on any atom is -0.346 e. The Labute approximate surface area is 97.5 Å². The fourth-order valence-corrected chi connectivity index (χ4v) is 1.30. The molecule has 0 saturated heterocycles. The normalized spacial score (nSPS) is 9.94. The van der Waals surface area contributed by atoms with Crippen LogP contribution < -0.4 is 5.32 Å². The number of hydrogen-bond donors (Lipinski definition) is 1. The summed E-state index contributed by atoms with van der Waals surface area (Å²) in [5, 5.41) is 2.67. The van der Waals surface area contributed by atoms with Gasteiger partial charge in [-0.3, -0.25) is 14.8 Å². The summed E-state index contributed by atoms with van der Waals surface area (Å²) in [5.41, 5.74) is 1.08. The summed E-state index contributed by atoms with van der Waals surface area (Å²) in [7, 11) is 0. The molecular formula is C12H10FN3O. The molecule has 86 valence electrons. The first-order valence-electron chi connectivity index (χ1n) is 5.04. The van der Waals surface area contributed by atoms with Gasteiger partial charge >= 0.3 is 0 Å². The molecule has 2 rings (SSSR count). The Balaban J connectivity index is 1.96. The first kappa shape index (κ1) is 11.2. The zero-order valence-corrected chi connectivity index (χ0v) is 8.93. The molecule has 5 heteroatoms. The fourth-order valence-electron chi connectivity index (χ4n) is 1.30. The van der Waals surface area contributed by atoms with E-state index in [9.17, 15) is 9.18 Å². The van der Waals surface area contributed by atoms with Gasteiger partial charge in [-0.05, 0) is 24.3 Å². The van der Waals surface area contributed by atoms with E-state index in [2.05, 4.69) is 15.3 Å². The molecule has 0 atom stereocenters. The zero-order chi connectivity index (χ0) is 12.1. The van der Waals surface area contributed by atoms with Crippen molar-refractivity contribution in [2.75, 3.05) is 0 Å². The van der Waals surface area contributed by atoms with Crippen LogP contribution in [0.25, 0.3) is 0 Å². The first-order chi connectivity index (χ1) is 8.25. The minimum absolute atomic E-state index is 0.268. The molecule has 0 bridgehead atoms. The van der Waals surface area contributed by atoms with Crippen LogP contribution in [0.1, 0.15) is 16.1 Å². The van der Waals surface area contributed by atoms with E-state index in [0.29, 0.717) is 17.8 Å². The van der Waals surface area contributed by atoms with Crippen LogP contribution in [-0.2, 0) is 6.54 Å². The molecule has 1 aromatic carbocycles. The quantitative estimate of drug-likeness (QED) is 0.871. The first-order valence-corrected chi connectivity index (χ1v) is 5.04. The zero-order valence-electron chi connectivity index (χ0n) is 8.93. The average Bonchev–Trinajstić information content (AvgIpc) is 2.38. The second-order valence-corrected chi connectivity index (χ2v) is 3.39. The molecule has 0 unspecified atom stereocenters. The topological polar surface area (TPSA) is 54.9 Å². The minimum atomic E-state index is -0.365. The van der Waals surface area contributed by atoms with Crippen LogP contribution in [0.2, 0.25) is 0 Å². The van der Waals surface area contributed by atoms with E-state index in [-0.39, 0.29) is 11.7 Å².